The molecular formula is C21H17F4N3OS. The summed E-state index contributed by atoms with van der Waals surface area (Å²) in [6.45, 7) is 1.81. The highest BCUT2D eigenvalue weighted by atomic mass is 32.2. The number of carbonyl (C=O) groups is 1. The van der Waals surface area contributed by atoms with Gasteiger partial charge in [0.1, 0.15) is 11.5 Å². The molecule has 1 aromatic heterocycles. The van der Waals surface area contributed by atoms with Gasteiger partial charge in [0.15, 0.2) is 5.16 Å². The first-order valence-corrected chi connectivity index (χ1v) is 9.90. The Morgan fingerprint density at radius 3 is 2.37 bits per heavy atom. The first-order valence-electron chi connectivity index (χ1n) is 8.91. The first-order chi connectivity index (χ1) is 14.2. The van der Waals surface area contributed by atoms with Crippen LogP contribution in [0.25, 0.3) is 11.3 Å². The van der Waals surface area contributed by atoms with Crippen molar-refractivity contribution in [2.75, 3.05) is 5.75 Å². The van der Waals surface area contributed by atoms with Gasteiger partial charge in [-0.3, -0.25) is 4.79 Å². The van der Waals surface area contributed by atoms with Crippen LogP contribution in [0, 0.1) is 5.82 Å². The van der Waals surface area contributed by atoms with E-state index in [-0.39, 0.29) is 28.6 Å². The molecule has 0 fully saturated rings. The molecule has 0 aliphatic rings. The topological polar surface area (TPSA) is 54.9 Å². The smallest absolute Gasteiger partial charge is 0.349 e. The third-order valence-electron chi connectivity index (χ3n) is 4.15. The van der Waals surface area contributed by atoms with E-state index in [1.165, 1.54) is 12.1 Å². The van der Waals surface area contributed by atoms with Gasteiger partial charge >= 0.3 is 6.18 Å². The van der Waals surface area contributed by atoms with Crippen molar-refractivity contribution < 1.29 is 22.4 Å². The van der Waals surface area contributed by atoms with Gasteiger partial charge < -0.3 is 5.32 Å². The van der Waals surface area contributed by atoms with Gasteiger partial charge in [-0.1, -0.05) is 42.1 Å². The van der Waals surface area contributed by atoms with Gasteiger partial charge in [0.05, 0.1) is 17.5 Å². The Balaban J connectivity index is 1.75. The largest absolute Gasteiger partial charge is 0.433 e. The normalized spacial score (nSPS) is 12.4. The predicted octanol–water partition coefficient (Wildman–Crippen LogP) is 5.27. The number of nitrogens with zero attached hydrogens (tertiary/aromatic N) is 2. The quantitative estimate of drug-likeness (QED) is 0.326. The van der Waals surface area contributed by atoms with Crippen molar-refractivity contribution in [1.82, 2.24) is 15.3 Å². The number of thioether (sulfide) groups is 1. The lowest BCUT2D eigenvalue weighted by Gasteiger charge is -2.14. The number of benzene rings is 2. The summed E-state index contributed by atoms with van der Waals surface area (Å²) < 4.78 is 52.9. The van der Waals surface area contributed by atoms with Crippen molar-refractivity contribution in [2.24, 2.45) is 0 Å². The van der Waals surface area contributed by atoms with Crippen LogP contribution in [0.3, 0.4) is 0 Å². The number of aromatic nitrogens is 2. The Bertz CT molecular complexity index is 1010. The Hall–Kier alpha value is -2.94. The highest BCUT2D eigenvalue weighted by Crippen LogP contribution is 2.32. The molecule has 3 aromatic rings. The van der Waals surface area contributed by atoms with Crippen molar-refractivity contribution >= 4 is 17.7 Å². The molecule has 0 bridgehead atoms. The molecule has 1 amide bonds. The molecule has 3 rings (SSSR count). The maximum Gasteiger partial charge on any atom is 0.433 e. The maximum atomic E-state index is 13.2. The Labute approximate surface area is 174 Å². The van der Waals surface area contributed by atoms with Gasteiger partial charge in [-0.25, -0.2) is 14.4 Å². The summed E-state index contributed by atoms with van der Waals surface area (Å²) in [4.78, 5) is 19.9. The standard InChI is InChI=1S/C21H17F4N3OS/c1-13(14-5-3-2-4-6-14)26-19(29)12-30-20-27-17(11-18(28-20)21(23,24)25)15-7-9-16(22)10-8-15/h2-11,13H,12H2,1H3,(H,26,29). The van der Waals surface area contributed by atoms with Crippen LogP contribution in [-0.4, -0.2) is 21.6 Å². The minimum atomic E-state index is -4.68. The van der Waals surface area contributed by atoms with E-state index in [0.717, 1.165) is 35.5 Å². The lowest BCUT2D eigenvalue weighted by Crippen LogP contribution is -2.28. The molecule has 4 nitrogen and oxygen atoms in total. The van der Waals surface area contributed by atoms with Gasteiger partial charge in [0, 0.05) is 5.56 Å². The third-order valence-corrected chi connectivity index (χ3v) is 4.99. The van der Waals surface area contributed by atoms with E-state index >= 15 is 0 Å². The Morgan fingerprint density at radius 2 is 1.73 bits per heavy atom. The molecule has 1 heterocycles. The molecule has 2 aromatic carbocycles. The van der Waals surface area contributed by atoms with Crippen LogP contribution in [-0.2, 0) is 11.0 Å². The van der Waals surface area contributed by atoms with E-state index in [9.17, 15) is 22.4 Å². The van der Waals surface area contributed by atoms with E-state index in [4.69, 9.17) is 0 Å². The zero-order valence-electron chi connectivity index (χ0n) is 15.8. The van der Waals surface area contributed by atoms with Crippen molar-refractivity contribution in [2.45, 2.75) is 24.3 Å². The van der Waals surface area contributed by atoms with E-state index in [0.29, 0.717) is 5.56 Å². The number of nitrogens with one attached hydrogen (secondary N) is 1. The molecule has 1 atom stereocenters. The number of hydrogen-bond donors (Lipinski definition) is 1. The fraction of sp³-hybridized carbons (Fsp3) is 0.190. The van der Waals surface area contributed by atoms with Crippen LogP contribution in [0.5, 0.6) is 0 Å². The molecule has 0 aliphatic heterocycles. The van der Waals surface area contributed by atoms with Crippen LogP contribution in [0.15, 0.2) is 65.8 Å². The number of hydrogen-bond acceptors (Lipinski definition) is 4. The second-order valence-corrected chi connectivity index (χ2v) is 7.36. The monoisotopic (exact) mass is 435 g/mol. The van der Waals surface area contributed by atoms with Gasteiger partial charge in [-0.15, -0.1) is 0 Å². The molecule has 0 spiro atoms. The number of carbonyl (C=O) groups excluding carboxylic acids is 1. The Kier molecular flexibility index (Phi) is 6.71. The molecule has 9 heteroatoms. The van der Waals surface area contributed by atoms with E-state index < -0.39 is 17.7 Å². The Morgan fingerprint density at radius 1 is 1.07 bits per heavy atom. The molecule has 0 aliphatic carbocycles. The van der Waals surface area contributed by atoms with Gasteiger partial charge in [-0.2, -0.15) is 13.2 Å². The highest BCUT2D eigenvalue weighted by molar-refractivity contribution is 7.99. The lowest BCUT2D eigenvalue weighted by atomic mass is 10.1. The van der Waals surface area contributed by atoms with Crippen LogP contribution in [0.4, 0.5) is 17.6 Å². The average Bonchev–Trinajstić information content (AvgIpc) is 2.72. The summed E-state index contributed by atoms with van der Waals surface area (Å²) in [7, 11) is 0. The van der Waals surface area contributed by atoms with Crippen molar-refractivity contribution in [3.05, 3.63) is 77.7 Å². The number of rotatable bonds is 6. The SMILES string of the molecule is CC(NC(=O)CSc1nc(-c2ccc(F)cc2)cc(C(F)(F)F)n1)c1ccccc1. The van der Waals surface area contributed by atoms with Gasteiger partial charge in [-0.05, 0) is 42.8 Å². The summed E-state index contributed by atoms with van der Waals surface area (Å²) in [5.41, 5.74) is 0.0911. The van der Waals surface area contributed by atoms with E-state index in [1.807, 2.05) is 37.3 Å². The number of amides is 1. The second-order valence-electron chi connectivity index (χ2n) is 6.41. The number of halogens is 4. The zero-order chi connectivity index (χ0) is 21.7. The van der Waals surface area contributed by atoms with Crippen LogP contribution < -0.4 is 5.32 Å². The maximum absolute atomic E-state index is 13.2. The fourth-order valence-corrected chi connectivity index (χ4v) is 3.31. The lowest BCUT2D eigenvalue weighted by molar-refractivity contribution is -0.141. The van der Waals surface area contributed by atoms with Crippen LogP contribution >= 0.6 is 11.8 Å². The van der Waals surface area contributed by atoms with Crippen molar-refractivity contribution in [1.29, 1.82) is 0 Å². The second kappa shape index (κ2) is 9.25. The molecule has 0 radical (unpaired) electrons. The van der Waals surface area contributed by atoms with Gasteiger partial charge in [0.2, 0.25) is 5.91 Å². The average molecular weight is 435 g/mol. The highest BCUT2D eigenvalue weighted by Gasteiger charge is 2.34. The number of alkyl halides is 3. The minimum absolute atomic E-state index is 0.00196. The van der Waals surface area contributed by atoms with Gasteiger partial charge in [0.25, 0.3) is 0 Å². The zero-order valence-corrected chi connectivity index (χ0v) is 16.6. The molecule has 156 valence electrons. The molecule has 0 saturated heterocycles. The van der Waals surface area contributed by atoms with Crippen LogP contribution in [0.1, 0.15) is 24.2 Å². The summed E-state index contributed by atoms with van der Waals surface area (Å²) in [6.07, 6.45) is -4.68. The predicted molar refractivity (Wildman–Crippen MR) is 106 cm³/mol. The summed E-state index contributed by atoms with van der Waals surface area (Å²) in [5, 5.41) is 2.60. The fourth-order valence-electron chi connectivity index (χ4n) is 2.64. The molecule has 1 unspecified atom stereocenters. The van der Waals surface area contributed by atoms with E-state index in [2.05, 4.69) is 15.3 Å². The summed E-state index contributed by atoms with van der Waals surface area (Å²) in [5.74, 6) is -1.02. The molecule has 0 saturated carbocycles. The summed E-state index contributed by atoms with van der Waals surface area (Å²) in [6, 6.07) is 14.8. The van der Waals surface area contributed by atoms with Crippen molar-refractivity contribution in [3.63, 3.8) is 0 Å². The first kappa shape index (κ1) is 21.8. The minimum Gasteiger partial charge on any atom is -0.349 e. The van der Waals surface area contributed by atoms with E-state index in [1.54, 1.807) is 0 Å². The molecule has 1 N–H and O–H groups in total. The summed E-state index contributed by atoms with van der Waals surface area (Å²) >= 11 is 0.800. The third kappa shape index (κ3) is 5.79. The molecule has 30 heavy (non-hydrogen) atoms. The molecular weight excluding hydrogens is 418 g/mol. The van der Waals surface area contributed by atoms with Crippen molar-refractivity contribution in [3.8, 4) is 11.3 Å². The van der Waals surface area contributed by atoms with Crippen LogP contribution in [0.2, 0.25) is 0 Å².